The first-order valence-electron chi connectivity index (χ1n) is 12.3. The molecule has 0 saturated carbocycles. The van der Waals surface area contributed by atoms with E-state index in [0.29, 0.717) is 28.0 Å². The monoisotopic (exact) mass is 582 g/mol. The molecule has 0 aliphatic carbocycles. The van der Waals surface area contributed by atoms with Crippen molar-refractivity contribution < 1.29 is 14.6 Å². The fourth-order valence-corrected chi connectivity index (χ4v) is 5.39. The van der Waals surface area contributed by atoms with Crippen LogP contribution in [-0.2, 0) is 0 Å². The van der Waals surface area contributed by atoms with Crippen molar-refractivity contribution in [1.29, 1.82) is 0 Å². The molecule has 194 valence electrons. The minimum absolute atomic E-state index is 0.142. The van der Waals surface area contributed by atoms with E-state index in [-0.39, 0.29) is 16.3 Å². The molecular weight excluding hydrogens is 560 g/mol. The Balaban J connectivity index is 1.54. The van der Waals surface area contributed by atoms with E-state index in [4.69, 9.17) is 4.74 Å². The van der Waals surface area contributed by atoms with E-state index in [0.717, 1.165) is 10.9 Å². The molecule has 0 saturated heterocycles. The van der Waals surface area contributed by atoms with Crippen molar-refractivity contribution in [3.63, 3.8) is 0 Å². The number of phenols is 1. The van der Waals surface area contributed by atoms with Crippen LogP contribution in [0.15, 0.2) is 95.5 Å². The van der Waals surface area contributed by atoms with Gasteiger partial charge in [0.25, 0.3) is 5.91 Å². The van der Waals surface area contributed by atoms with Gasteiger partial charge in [-0.1, -0.05) is 75.7 Å². The largest absolute Gasteiger partial charge is 0.505 e. The summed E-state index contributed by atoms with van der Waals surface area (Å²) in [6, 6.07) is 19.8. The minimum Gasteiger partial charge on any atom is -0.505 e. The Bertz CT molecular complexity index is 1720. The third kappa shape index (κ3) is 4.36. The lowest BCUT2D eigenvalue weighted by molar-refractivity contribution is 0.0754. The van der Waals surface area contributed by atoms with Gasteiger partial charge >= 0.3 is 0 Å². The second kappa shape index (κ2) is 9.70. The molecule has 0 spiro atoms. The topological polar surface area (TPSA) is 115 Å². The number of aromatic hydroxyl groups is 1. The summed E-state index contributed by atoms with van der Waals surface area (Å²) in [7, 11) is 0. The molecule has 3 aromatic carbocycles. The van der Waals surface area contributed by atoms with Gasteiger partial charge in [-0.25, -0.2) is 4.68 Å². The molecule has 2 atom stereocenters. The van der Waals surface area contributed by atoms with Gasteiger partial charge in [-0.15, -0.1) is 15.3 Å². The van der Waals surface area contributed by atoms with E-state index in [2.05, 4.69) is 41.5 Å². The number of carbonyl (C=O) groups is 1. The summed E-state index contributed by atoms with van der Waals surface area (Å²) in [4.78, 5) is 16.3. The lowest BCUT2D eigenvalue weighted by Crippen LogP contribution is -2.47. The molecule has 5 aromatic rings. The average molecular weight is 583 g/mol. The van der Waals surface area contributed by atoms with E-state index in [9.17, 15) is 9.90 Å². The third-order valence-corrected chi connectivity index (χ3v) is 8.39. The van der Waals surface area contributed by atoms with Gasteiger partial charge in [-0.2, -0.15) is 0 Å². The number of halogens is 1. The van der Waals surface area contributed by atoms with Crippen molar-refractivity contribution in [1.82, 2.24) is 20.0 Å². The first kappa shape index (κ1) is 24.9. The maximum atomic E-state index is 12.7. The zero-order valence-corrected chi connectivity index (χ0v) is 22.6. The van der Waals surface area contributed by atoms with Gasteiger partial charge in [0.1, 0.15) is 28.8 Å². The number of hydrogen-bond donors (Lipinski definition) is 1. The zero-order chi connectivity index (χ0) is 27.1. The van der Waals surface area contributed by atoms with Crippen LogP contribution in [0.25, 0.3) is 22.0 Å². The van der Waals surface area contributed by atoms with Gasteiger partial charge in [0.05, 0.1) is 16.6 Å². The number of azo groups is 1. The summed E-state index contributed by atoms with van der Waals surface area (Å²) in [6.07, 6.45) is 4.87. The molecule has 1 N–H and O–H groups in total. The highest BCUT2D eigenvalue weighted by Crippen LogP contribution is 2.55. The Morgan fingerprint density at radius 1 is 1.03 bits per heavy atom. The predicted octanol–water partition coefficient (Wildman–Crippen LogP) is 6.65. The Hall–Kier alpha value is -4.44. The molecule has 2 aromatic heterocycles. The molecular formula is C29H23BrN6O3. The van der Waals surface area contributed by atoms with E-state index < -0.39 is 17.6 Å². The fraction of sp³-hybridized carbons (Fsp3) is 0.172. The predicted molar refractivity (Wildman–Crippen MR) is 150 cm³/mol. The summed E-state index contributed by atoms with van der Waals surface area (Å²) in [5.41, 5.74) is 1.94. The van der Waals surface area contributed by atoms with Crippen LogP contribution in [0.5, 0.6) is 11.5 Å². The van der Waals surface area contributed by atoms with E-state index in [1.165, 1.54) is 12.4 Å². The lowest BCUT2D eigenvalue weighted by atomic mass is 9.86. The van der Waals surface area contributed by atoms with Crippen LogP contribution in [0.4, 0.5) is 5.69 Å². The summed E-state index contributed by atoms with van der Waals surface area (Å²) in [6.45, 7) is 3.95. The average Bonchev–Trinajstić information content (AvgIpc) is 3.45. The quantitative estimate of drug-likeness (QED) is 0.187. The van der Waals surface area contributed by atoms with Gasteiger partial charge in [0, 0.05) is 34.3 Å². The lowest BCUT2D eigenvalue weighted by Gasteiger charge is -2.42. The number of amides is 1. The molecule has 1 aliphatic heterocycles. The number of hydrogen-bond acceptors (Lipinski definition) is 7. The molecule has 0 unspecified atom stereocenters. The van der Waals surface area contributed by atoms with Crippen LogP contribution in [0.2, 0.25) is 0 Å². The van der Waals surface area contributed by atoms with Crippen molar-refractivity contribution in [3.05, 3.63) is 96.4 Å². The van der Waals surface area contributed by atoms with E-state index in [1.54, 1.807) is 16.8 Å². The Kier molecular flexibility index (Phi) is 6.19. The van der Waals surface area contributed by atoms with Crippen LogP contribution in [0, 0.1) is 0 Å². The molecule has 39 heavy (non-hydrogen) atoms. The molecule has 0 bridgehead atoms. The SMILES string of the molecule is CC1(C)Oc2c(c(O)c(N=NC(=O)c3ccncc3)c3ccccc23)[C@H](n2cc(-c3ccccc3)nn2)[C@H]1Br. The highest BCUT2D eigenvalue weighted by molar-refractivity contribution is 9.09. The Labute approximate surface area is 232 Å². The van der Waals surface area contributed by atoms with Crippen LogP contribution in [0.1, 0.15) is 35.8 Å². The standard InChI is InChI=1S/C29H23BrN6O3/c1-29(2)27(30)24(36-16-21(32-35-36)17-8-4-3-5-9-17)22-25(37)23(19-10-6-7-11-20(19)26(22)39-29)33-34-28(38)18-12-14-31-15-13-18/h3-16,24,27,37H,1-2H3/t24-,27+/m0/s1. The van der Waals surface area contributed by atoms with Gasteiger partial charge in [0.2, 0.25) is 0 Å². The number of carbonyl (C=O) groups excluding carboxylic acids is 1. The van der Waals surface area contributed by atoms with E-state index in [1.807, 2.05) is 74.6 Å². The third-order valence-electron chi connectivity index (χ3n) is 6.79. The second-order valence-electron chi connectivity index (χ2n) is 9.73. The normalized spacial score (nSPS) is 18.1. The van der Waals surface area contributed by atoms with Crippen molar-refractivity contribution in [2.24, 2.45) is 10.2 Å². The first-order chi connectivity index (χ1) is 18.8. The van der Waals surface area contributed by atoms with Crippen molar-refractivity contribution in [2.45, 2.75) is 30.3 Å². The van der Waals surface area contributed by atoms with Gasteiger partial charge < -0.3 is 9.84 Å². The smallest absolute Gasteiger partial charge is 0.295 e. The molecule has 1 amide bonds. The minimum atomic E-state index is -0.675. The number of pyridine rings is 1. The number of benzene rings is 3. The van der Waals surface area contributed by atoms with Crippen molar-refractivity contribution in [3.8, 4) is 22.8 Å². The van der Waals surface area contributed by atoms with Crippen LogP contribution in [-0.4, -0.2) is 41.4 Å². The molecule has 6 rings (SSSR count). The van der Waals surface area contributed by atoms with Crippen LogP contribution < -0.4 is 4.74 Å². The number of phenolic OH excluding ortho intramolecular Hbond substituents is 1. The molecule has 3 heterocycles. The van der Waals surface area contributed by atoms with Crippen molar-refractivity contribution in [2.75, 3.05) is 0 Å². The highest BCUT2D eigenvalue weighted by Gasteiger charge is 2.47. The van der Waals surface area contributed by atoms with E-state index >= 15 is 0 Å². The maximum Gasteiger partial charge on any atom is 0.295 e. The van der Waals surface area contributed by atoms with Gasteiger partial charge in [-0.05, 0) is 26.0 Å². The second-order valence-corrected chi connectivity index (χ2v) is 10.7. The Morgan fingerprint density at radius 2 is 1.72 bits per heavy atom. The number of fused-ring (bicyclic) bond motifs is 3. The molecule has 9 nitrogen and oxygen atoms in total. The number of rotatable bonds is 4. The number of alkyl halides is 1. The fourth-order valence-electron chi connectivity index (χ4n) is 4.79. The number of aromatic nitrogens is 4. The van der Waals surface area contributed by atoms with Gasteiger partial charge in [0.15, 0.2) is 5.75 Å². The molecule has 1 aliphatic rings. The zero-order valence-electron chi connectivity index (χ0n) is 21.1. The highest BCUT2D eigenvalue weighted by atomic mass is 79.9. The number of ether oxygens (including phenoxy) is 1. The molecule has 0 fully saturated rings. The summed E-state index contributed by atoms with van der Waals surface area (Å²) >= 11 is 3.83. The Morgan fingerprint density at radius 3 is 2.46 bits per heavy atom. The maximum absolute atomic E-state index is 12.7. The summed E-state index contributed by atoms with van der Waals surface area (Å²) in [5.74, 6) is -0.170. The van der Waals surface area contributed by atoms with Gasteiger partial charge in [-0.3, -0.25) is 9.78 Å². The summed E-state index contributed by atoms with van der Waals surface area (Å²) < 4.78 is 8.23. The van der Waals surface area contributed by atoms with Crippen LogP contribution >= 0.6 is 15.9 Å². The first-order valence-corrected chi connectivity index (χ1v) is 13.2. The van der Waals surface area contributed by atoms with Crippen molar-refractivity contribution >= 4 is 38.3 Å². The number of nitrogens with zero attached hydrogens (tertiary/aromatic N) is 6. The molecule has 10 heteroatoms. The summed E-state index contributed by atoms with van der Waals surface area (Å²) in [5, 5.41) is 30.1. The molecule has 0 radical (unpaired) electrons. The van der Waals surface area contributed by atoms with Crippen LogP contribution in [0.3, 0.4) is 0 Å².